The van der Waals surface area contributed by atoms with Gasteiger partial charge in [-0.05, 0) is 71.9 Å². The SMILES string of the molecule is CC(C)c1cc(C(C)CCC(C)c2ccnc(C(C)C)c2)ccn1. The lowest BCUT2D eigenvalue weighted by molar-refractivity contribution is 0.571. The Balaban J connectivity index is 1.99. The van der Waals surface area contributed by atoms with Crippen LogP contribution in [0.3, 0.4) is 0 Å². The zero-order valence-electron chi connectivity index (χ0n) is 16.1. The highest BCUT2D eigenvalue weighted by atomic mass is 14.7. The quantitative estimate of drug-likeness (QED) is 0.588. The van der Waals surface area contributed by atoms with E-state index in [2.05, 4.69) is 75.8 Å². The number of aromatic nitrogens is 2. The molecule has 0 bridgehead atoms. The van der Waals surface area contributed by atoms with E-state index in [4.69, 9.17) is 0 Å². The summed E-state index contributed by atoms with van der Waals surface area (Å²) < 4.78 is 0. The van der Waals surface area contributed by atoms with Crippen LogP contribution in [-0.4, -0.2) is 9.97 Å². The van der Waals surface area contributed by atoms with E-state index in [1.165, 1.54) is 35.4 Å². The van der Waals surface area contributed by atoms with Crippen LogP contribution in [0, 0.1) is 0 Å². The minimum absolute atomic E-state index is 0.488. The van der Waals surface area contributed by atoms with E-state index >= 15 is 0 Å². The maximum atomic E-state index is 4.48. The molecule has 0 aliphatic carbocycles. The molecule has 24 heavy (non-hydrogen) atoms. The topological polar surface area (TPSA) is 25.8 Å². The highest BCUT2D eigenvalue weighted by Crippen LogP contribution is 2.29. The van der Waals surface area contributed by atoms with E-state index in [-0.39, 0.29) is 0 Å². The fourth-order valence-corrected chi connectivity index (χ4v) is 3.01. The minimum Gasteiger partial charge on any atom is -0.261 e. The van der Waals surface area contributed by atoms with Gasteiger partial charge in [-0.25, -0.2) is 0 Å². The number of nitrogens with zero attached hydrogens (tertiary/aromatic N) is 2. The largest absolute Gasteiger partial charge is 0.261 e. The summed E-state index contributed by atoms with van der Waals surface area (Å²) in [6, 6.07) is 8.90. The van der Waals surface area contributed by atoms with Gasteiger partial charge in [-0.2, -0.15) is 0 Å². The molecule has 0 N–H and O–H groups in total. The van der Waals surface area contributed by atoms with Gasteiger partial charge in [-0.1, -0.05) is 41.5 Å². The lowest BCUT2D eigenvalue weighted by atomic mass is 9.88. The van der Waals surface area contributed by atoms with Crippen LogP contribution in [-0.2, 0) is 0 Å². The normalized spacial score (nSPS) is 14.2. The summed E-state index contributed by atoms with van der Waals surface area (Å²) in [6.07, 6.45) is 6.31. The van der Waals surface area contributed by atoms with E-state index in [0.29, 0.717) is 23.7 Å². The van der Waals surface area contributed by atoms with Gasteiger partial charge < -0.3 is 0 Å². The van der Waals surface area contributed by atoms with E-state index in [9.17, 15) is 0 Å². The van der Waals surface area contributed by atoms with Crippen LogP contribution in [0.2, 0.25) is 0 Å². The molecular weight excluding hydrogens is 292 g/mol. The average molecular weight is 325 g/mol. The van der Waals surface area contributed by atoms with Crippen LogP contribution in [0.25, 0.3) is 0 Å². The molecule has 2 aromatic rings. The fourth-order valence-electron chi connectivity index (χ4n) is 3.01. The van der Waals surface area contributed by atoms with Crippen molar-refractivity contribution >= 4 is 0 Å². The number of hydrogen-bond acceptors (Lipinski definition) is 2. The van der Waals surface area contributed by atoms with Gasteiger partial charge in [-0.15, -0.1) is 0 Å². The molecule has 0 aliphatic heterocycles. The molecule has 130 valence electrons. The van der Waals surface area contributed by atoms with Crippen molar-refractivity contribution in [3.05, 3.63) is 59.2 Å². The molecule has 0 aromatic carbocycles. The molecule has 0 fully saturated rings. The van der Waals surface area contributed by atoms with Gasteiger partial charge in [0.2, 0.25) is 0 Å². The van der Waals surface area contributed by atoms with Gasteiger partial charge in [0.1, 0.15) is 0 Å². The van der Waals surface area contributed by atoms with Crippen LogP contribution in [0.4, 0.5) is 0 Å². The Morgan fingerprint density at radius 3 is 1.38 bits per heavy atom. The predicted molar refractivity (Wildman–Crippen MR) is 103 cm³/mol. The molecule has 0 aliphatic rings. The second kappa shape index (κ2) is 8.41. The first-order chi connectivity index (χ1) is 11.4. The van der Waals surface area contributed by atoms with Crippen molar-refractivity contribution in [3.8, 4) is 0 Å². The van der Waals surface area contributed by atoms with Crippen molar-refractivity contribution in [1.29, 1.82) is 0 Å². The maximum absolute atomic E-state index is 4.48. The molecule has 2 heterocycles. The molecule has 2 rings (SSSR count). The average Bonchev–Trinajstić information content (AvgIpc) is 2.59. The third kappa shape index (κ3) is 4.90. The molecule has 0 spiro atoms. The summed E-state index contributed by atoms with van der Waals surface area (Å²) >= 11 is 0. The first-order valence-corrected chi connectivity index (χ1v) is 9.30. The van der Waals surface area contributed by atoms with Crippen molar-refractivity contribution in [3.63, 3.8) is 0 Å². The zero-order valence-corrected chi connectivity index (χ0v) is 16.1. The molecular formula is C22H32N2. The Morgan fingerprint density at radius 2 is 1.04 bits per heavy atom. The van der Waals surface area contributed by atoms with Gasteiger partial charge in [0, 0.05) is 23.8 Å². The third-order valence-electron chi connectivity index (χ3n) is 4.96. The maximum Gasteiger partial charge on any atom is 0.0431 e. The monoisotopic (exact) mass is 324 g/mol. The number of pyridine rings is 2. The molecule has 2 atom stereocenters. The first kappa shape index (κ1) is 18.6. The van der Waals surface area contributed by atoms with E-state index < -0.39 is 0 Å². The molecule has 0 saturated heterocycles. The van der Waals surface area contributed by atoms with Crippen LogP contribution in [0.1, 0.15) is 101 Å². The summed E-state index contributed by atoms with van der Waals surface area (Å²) in [5.41, 5.74) is 5.23. The van der Waals surface area contributed by atoms with Gasteiger partial charge in [0.15, 0.2) is 0 Å². The summed E-state index contributed by atoms with van der Waals surface area (Å²) in [5, 5.41) is 0. The first-order valence-electron chi connectivity index (χ1n) is 9.30. The Bertz CT molecular complexity index is 588. The highest BCUT2D eigenvalue weighted by Gasteiger charge is 2.13. The van der Waals surface area contributed by atoms with Gasteiger partial charge in [0.05, 0.1) is 0 Å². The van der Waals surface area contributed by atoms with Crippen LogP contribution < -0.4 is 0 Å². The van der Waals surface area contributed by atoms with Gasteiger partial charge >= 0.3 is 0 Å². The number of rotatable bonds is 7. The lowest BCUT2D eigenvalue weighted by Gasteiger charge is -2.18. The van der Waals surface area contributed by atoms with Crippen molar-refractivity contribution < 1.29 is 0 Å². The third-order valence-corrected chi connectivity index (χ3v) is 4.96. The van der Waals surface area contributed by atoms with Crippen molar-refractivity contribution in [2.45, 2.75) is 78.1 Å². The fraction of sp³-hybridized carbons (Fsp3) is 0.545. The van der Waals surface area contributed by atoms with Crippen molar-refractivity contribution in [2.75, 3.05) is 0 Å². The summed E-state index contributed by atoms with van der Waals surface area (Å²) in [7, 11) is 0. The van der Waals surface area contributed by atoms with E-state index in [0.717, 1.165) is 0 Å². The second-order valence-corrected chi connectivity index (χ2v) is 7.72. The molecule has 2 nitrogen and oxygen atoms in total. The summed E-state index contributed by atoms with van der Waals surface area (Å²) in [4.78, 5) is 8.97. The summed E-state index contributed by atoms with van der Waals surface area (Å²) in [6.45, 7) is 13.5. The van der Waals surface area contributed by atoms with Crippen LogP contribution >= 0.6 is 0 Å². The van der Waals surface area contributed by atoms with E-state index in [1.54, 1.807) is 0 Å². The molecule has 2 aromatic heterocycles. The van der Waals surface area contributed by atoms with Crippen LogP contribution in [0.5, 0.6) is 0 Å². The molecule has 0 amide bonds. The zero-order chi connectivity index (χ0) is 17.7. The van der Waals surface area contributed by atoms with Gasteiger partial charge in [0.25, 0.3) is 0 Å². The van der Waals surface area contributed by atoms with E-state index in [1.807, 2.05) is 12.4 Å². The highest BCUT2D eigenvalue weighted by molar-refractivity contribution is 5.23. The van der Waals surface area contributed by atoms with Crippen LogP contribution in [0.15, 0.2) is 36.7 Å². The Labute approximate surface area is 147 Å². The molecule has 2 unspecified atom stereocenters. The van der Waals surface area contributed by atoms with Crippen molar-refractivity contribution in [2.24, 2.45) is 0 Å². The Hall–Kier alpha value is -1.70. The minimum atomic E-state index is 0.488. The number of hydrogen-bond donors (Lipinski definition) is 0. The summed E-state index contributed by atoms with van der Waals surface area (Å²) in [5.74, 6) is 2.11. The Kier molecular flexibility index (Phi) is 6.53. The van der Waals surface area contributed by atoms with Gasteiger partial charge in [-0.3, -0.25) is 9.97 Å². The standard InChI is InChI=1S/C22H32N2/c1-15(2)21-13-19(9-11-23-21)17(5)7-8-18(6)20-10-12-24-22(14-20)16(3)4/h9-18H,7-8H2,1-6H3. The molecule has 0 saturated carbocycles. The lowest BCUT2D eigenvalue weighted by Crippen LogP contribution is -2.02. The van der Waals surface area contributed by atoms with Crippen molar-refractivity contribution in [1.82, 2.24) is 9.97 Å². The molecule has 0 radical (unpaired) electrons. The smallest absolute Gasteiger partial charge is 0.0431 e. The predicted octanol–water partition coefficient (Wildman–Crippen LogP) is 6.41. The Morgan fingerprint density at radius 1 is 0.667 bits per heavy atom. The second-order valence-electron chi connectivity index (χ2n) is 7.72. The molecule has 2 heteroatoms.